The van der Waals surface area contributed by atoms with Crippen molar-refractivity contribution >= 4 is 12.0 Å². The number of hydrogen-bond donors (Lipinski definition) is 2. The van der Waals surface area contributed by atoms with Crippen LogP contribution in [0.1, 0.15) is 40.0 Å². The Kier molecular flexibility index (Phi) is 6.95. The second-order valence-electron chi connectivity index (χ2n) is 5.78. The van der Waals surface area contributed by atoms with Gasteiger partial charge in [0, 0.05) is 26.2 Å². The van der Waals surface area contributed by atoms with Gasteiger partial charge in [0.05, 0.1) is 5.41 Å². The van der Waals surface area contributed by atoms with Gasteiger partial charge in [0.2, 0.25) is 0 Å². The van der Waals surface area contributed by atoms with Crippen LogP contribution in [0.2, 0.25) is 0 Å². The molecule has 1 atom stereocenters. The highest BCUT2D eigenvalue weighted by Gasteiger charge is 2.44. The van der Waals surface area contributed by atoms with Crippen molar-refractivity contribution in [2.75, 3.05) is 39.3 Å². The molecule has 0 aromatic carbocycles. The summed E-state index contributed by atoms with van der Waals surface area (Å²) in [5.41, 5.74) is -0.755. The van der Waals surface area contributed by atoms with E-state index in [-0.39, 0.29) is 6.03 Å². The SMILES string of the molecule is CCCN(CC)CCNC(=O)N1CCC(CC)(C(=O)O)C1. The molecule has 1 unspecified atom stereocenters. The lowest BCUT2D eigenvalue weighted by atomic mass is 9.84. The van der Waals surface area contributed by atoms with Gasteiger partial charge in [0.1, 0.15) is 0 Å². The number of carbonyl (C=O) groups is 2. The summed E-state index contributed by atoms with van der Waals surface area (Å²) in [5.74, 6) is -0.791. The van der Waals surface area contributed by atoms with Crippen LogP contribution >= 0.6 is 0 Å². The number of amides is 2. The standard InChI is InChI=1S/C15H29N3O3/c1-4-9-17(6-3)11-8-16-14(21)18-10-7-15(5-2,12-18)13(19)20/h4-12H2,1-3H3,(H,16,21)(H,19,20). The number of likely N-dealkylation sites (N-methyl/N-ethyl adjacent to an activating group) is 1. The third-order valence-corrected chi connectivity index (χ3v) is 4.46. The molecule has 0 saturated carbocycles. The zero-order valence-corrected chi connectivity index (χ0v) is 13.5. The summed E-state index contributed by atoms with van der Waals surface area (Å²) in [5, 5.41) is 12.2. The first-order valence-corrected chi connectivity index (χ1v) is 7.97. The molecule has 0 spiro atoms. The van der Waals surface area contributed by atoms with E-state index in [1.165, 1.54) is 0 Å². The number of hydrogen-bond acceptors (Lipinski definition) is 3. The molecule has 1 heterocycles. The number of rotatable bonds is 8. The molecule has 6 nitrogen and oxygen atoms in total. The third-order valence-electron chi connectivity index (χ3n) is 4.46. The maximum absolute atomic E-state index is 12.1. The van der Waals surface area contributed by atoms with Gasteiger partial charge in [0.15, 0.2) is 0 Å². The lowest BCUT2D eigenvalue weighted by Gasteiger charge is -2.24. The first-order chi connectivity index (χ1) is 9.99. The van der Waals surface area contributed by atoms with Gasteiger partial charge in [-0.2, -0.15) is 0 Å². The van der Waals surface area contributed by atoms with Crippen molar-refractivity contribution in [3.05, 3.63) is 0 Å². The number of aliphatic carboxylic acids is 1. The molecule has 2 amide bonds. The number of carboxylic acid groups (broad SMARTS) is 1. The fourth-order valence-electron chi connectivity index (χ4n) is 2.84. The van der Waals surface area contributed by atoms with Gasteiger partial charge >= 0.3 is 12.0 Å². The van der Waals surface area contributed by atoms with E-state index in [4.69, 9.17) is 0 Å². The topological polar surface area (TPSA) is 72.9 Å². The molecule has 0 aliphatic carbocycles. The summed E-state index contributed by atoms with van der Waals surface area (Å²) in [6.45, 7) is 10.4. The number of carboxylic acids is 1. The van der Waals surface area contributed by atoms with Crippen molar-refractivity contribution in [2.45, 2.75) is 40.0 Å². The molecule has 122 valence electrons. The van der Waals surface area contributed by atoms with Gasteiger partial charge in [-0.05, 0) is 32.4 Å². The molecule has 0 aromatic heterocycles. The van der Waals surface area contributed by atoms with Crippen LogP contribution in [0.15, 0.2) is 0 Å². The molecule has 1 rings (SSSR count). The lowest BCUT2D eigenvalue weighted by Crippen LogP contribution is -2.44. The van der Waals surface area contributed by atoms with E-state index in [0.717, 1.165) is 26.1 Å². The molecule has 21 heavy (non-hydrogen) atoms. The molecule has 0 aromatic rings. The smallest absolute Gasteiger partial charge is 0.317 e. The molecule has 1 aliphatic rings. The van der Waals surface area contributed by atoms with Gasteiger partial charge in [-0.15, -0.1) is 0 Å². The van der Waals surface area contributed by atoms with E-state index >= 15 is 0 Å². The van der Waals surface area contributed by atoms with Crippen LogP contribution in [0.25, 0.3) is 0 Å². The molecule has 1 fully saturated rings. The number of likely N-dealkylation sites (tertiary alicyclic amines) is 1. The molecule has 2 N–H and O–H groups in total. The van der Waals surface area contributed by atoms with Crippen LogP contribution in [-0.2, 0) is 4.79 Å². The van der Waals surface area contributed by atoms with E-state index in [1.807, 2.05) is 6.92 Å². The van der Waals surface area contributed by atoms with E-state index in [9.17, 15) is 14.7 Å². The zero-order valence-electron chi connectivity index (χ0n) is 13.5. The van der Waals surface area contributed by atoms with Crippen molar-refractivity contribution in [1.29, 1.82) is 0 Å². The quantitative estimate of drug-likeness (QED) is 0.714. The first-order valence-electron chi connectivity index (χ1n) is 7.97. The Labute approximate surface area is 127 Å². The monoisotopic (exact) mass is 299 g/mol. The Bertz CT molecular complexity index is 362. The summed E-state index contributed by atoms with van der Waals surface area (Å²) in [4.78, 5) is 27.4. The van der Waals surface area contributed by atoms with E-state index in [1.54, 1.807) is 4.90 Å². The maximum atomic E-state index is 12.1. The summed E-state index contributed by atoms with van der Waals surface area (Å²) >= 11 is 0. The van der Waals surface area contributed by atoms with Gasteiger partial charge in [-0.25, -0.2) is 4.79 Å². The molecule has 0 bridgehead atoms. The number of urea groups is 1. The zero-order chi connectivity index (χ0) is 15.9. The van der Waals surface area contributed by atoms with Crippen LogP contribution in [0.5, 0.6) is 0 Å². The van der Waals surface area contributed by atoms with Gasteiger partial charge in [0.25, 0.3) is 0 Å². The normalized spacial score (nSPS) is 21.8. The molecule has 1 saturated heterocycles. The Hall–Kier alpha value is -1.30. The first kappa shape index (κ1) is 17.8. The van der Waals surface area contributed by atoms with Crippen LogP contribution in [0, 0.1) is 5.41 Å². The highest BCUT2D eigenvalue weighted by atomic mass is 16.4. The Morgan fingerprint density at radius 1 is 1.29 bits per heavy atom. The molecular formula is C15H29N3O3. The second-order valence-corrected chi connectivity index (χ2v) is 5.78. The van der Waals surface area contributed by atoms with Crippen molar-refractivity contribution in [2.24, 2.45) is 5.41 Å². The predicted octanol–water partition coefficient (Wildman–Crippen LogP) is 1.61. The summed E-state index contributed by atoms with van der Waals surface area (Å²) in [6, 6.07) is -0.140. The minimum Gasteiger partial charge on any atom is -0.481 e. The van der Waals surface area contributed by atoms with E-state index < -0.39 is 11.4 Å². The highest BCUT2D eigenvalue weighted by Crippen LogP contribution is 2.34. The minimum absolute atomic E-state index is 0.140. The average Bonchev–Trinajstić information content (AvgIpc) is 2.92. The molecule has 0 radical (unpaired) electrons. The van der Waals surface area contributed by atoms with Crippen molar-refractivity contribution in [3.63, 3.8) is 0 Å². The largest absolute Gasteiger partial charge is 0.481 e. The Balaban J connectivity index is 2.39. The molecular weight excluding hydrogens is 270 g/mol. The second kappa shape index (κ2) is 8.22. The van der Waals surface area contributed by atoms with Crippen molar-refractivity contribution in [1.82, 2.24) is 15.1 Å². The van der Waals surface area contributed by atoms with Gasteiger partial charge in [-0.3, -0.25) is 4.79 Å². The molecule has 6 heteroatoms. The lowest BCUT2D eigenvalue weighted by molar-refractivity contribution is -0.148. The summed E-state index contributed by atoms with van der Waals surface area (Å²) in [7, 11) is 0. The summed E-state index contributed by atoms with van der Waals surface area (Å²) in [6.07, 6.45) is 2.21. The number of carbonyl (C=O) groups excluding carboxylic acids is 1. The predicted molar refractivity (Wildman–Crippen MR) is 82.4 cm³/mol. The van der Waals surface area contributed by atoms with Crippen molar-refractivity contribution < 1.29 is 14.7 Å². The Morgan fingerprint density at radius 3 is 2.48 bits per heavy atom. The average molecular weight is 299 g/mol. The fraction of sp³-hybridized carbons (Fsp3) is 0.867. The van der Waals surface area contributed by atoms with Crippen molar-refractivity contribution in [3.8, 4) is 0 Å². The van der Waals surface area contributed by atoms with E-state index in [0.29, 0.717) is 32.5 Å². The van der Waals surface area contributed by atoms with Gasteiger partial charge in [-0.1, -0.05) is 20.8 Å². The van der Waals surface area contributed by atoms with Crippen LogP contribution in [-0.4, -0.2) is 66.2 Å². The summed E-state index contributed by atoms with van der Waals surface area (Å²) < 4.78 is 0. The highest BCUT2D eigenvalue weighted by molar-refractivity contribution is 5.79. The number of nitrogens with one attached hydrogen (secondary N) is 1. The van der Waals surface area contributed by atoms with E-state index in [2.05, 4.69) is 24.1 Å². The van der Waals surface area contributed by atoms with Crippen LogP contribution in [0.4, 0.5) is 4.79 Å². The fourth-order valence-corrected chi connectivity index (χ4v) is 2.84. The molecule has 1 aliphatic heterocycles. The Morgan fingerprint density at radius 2 is 2.00 bits per heavy atom. The van der Waals surface area contributed by atoms with Crippen LogP contribution < -0.4 is 5.32 Å². The van der Waals surface area contributed by atoms with Crippen LogP contribution in [0.3, 0.4) is 0 Å². The third kappa shape index (κ3) is 4.59. The minimum atomic E-state index is -0.791. The maximum Gasteiger partial charge on any atom is 0.317 e. The number of nitrogens with zero attached hydrogens (tertiary/aromatic N) is 2. The van der Waals surface area contributed by atoms with Gasteiger partial charge < -0.3 is 20.2 Å².